The van der Waals surface area contributed by atoms with E-state index in [1.165, 1.54) is 18.2 Å². The van der Waals surface area contributed by atoms with Crippen LogP contribution in [0.25, 0.3) is 0 Å². The summed E-state index contributed by atoms with van der Waals surface area (Å²) in [5, 5.41) is 19.3. The van der Waals surface area contributed by atoms with Crippen LogP contribution in [0.15, 0.2) is 18.2 Å². The lowest BCUT2D eigenvalue weighted by molar-refractivity contribution is -0.385. The Morgan fingerprint density at radius 2 is 2.20 bits per heavy atom. The maximum Gasteiger partial charge on any atom is 0.274 e. The SMILES string of the molecule is N#Cc1cc(OC2CC2)cc([N+](=O)[O-])c1. The number of hydrogen-bond donors (Lipinski definition) is 0. The molecule has 1 aromatic carbocycles. The Kier molecular flexibility index (Phi) is 2.26. The molecule has 0 amide bonds. The van der Waals surface area contributed by atoms with Crippen molar-refractivity contribution < 1.29 is 9.66 Å². The van der Waals surface area contributed by atoms with Crippen molar-refractivity contribution in [3.63, 3.8) is 0 Å². The number of ether oxygens (including phenoxy) is 1. The third-order valence-electron chi connectivity index (χ3n) is 2.06. The van der Waals surface area contributed by atoms with Gasteiger partial charge in [-0.3, -0.25) is 10.1 Å². The minimum atomic E-state index is -0.527. The second kappa shape index (κ2) is 3.58. The third-order valence-corrected chi connectivity index (χ3v) is 2.06. The lowest BCUT2D eigenvalue weighted by Crippen LogP contribution is -1.97. The van der Waals surface area contributed by atoms with E-state index in [4.69, 9.17) is 10.00 Å². The van der Waals surface area contributed by atoms with Gasteiger partial charge < -0.3 is 4.74 Å². The molecule has 0 aliphatic heterocycles. The van der Waals surface area contributed by atoms with Crippen molar-refractivity contribution in [1.29, 1.82) is 5.26 Å². The molecule has 0 atom stereocenters. The van der Waals surface area contributed by atoms with Gasteiger partial charge in [0.2, 0.25) is 0 Å². The summed E-state index contributed by atoms with van der Waals surface area (Å²) in [5.74, 6) is 0.406. The fraction of sp³-hybridized carbons (Fsp3) is 0.300. The standard InChI is InChI=1S/C10H8N2O3/c11-6-7-3-8(12(13)14)5-10(4-7)15-9-1-2-9/h3-5,9H,1-2H2. The van der Waals surface area contributed by atoms with Crippen LogP contribution in [0.2, 0.25) is 0 Å². The van der Waals surface area contributed by atoms with Gasteiger partial charge in [0.25, 0.3) is 5.69 Å². The van der Waals surface area contributed by atoms with Gasteiger partial charge in [-0.05, 0) is 18.9 Å². The largest absolute Gasteiger partial charge is 0.490 e. The highest BCUT2D eigenvalue weighted by Gasteiger charge is 2.24. The molecule has 0 N–H and O–H groups in total. The quantitative estimate of drug-likeness (QED) is 0.557. The van der Waals surface area contributed by atoms with Crippen molar-refractivity contribution in [1.82, 2.24) is 0 Å². The van der Waals surface area contributed by atoms with Crippen LogP contribution in [0.3, 0.4) is 0 Å². The van der Waals surface area contributed by atoms with Gasteiger partial charge in [0, 0.05) is 6.07 Å². The number of nitrogens with zero attached hydrogens (tertiary/aromatic N) is 2. The van der Waals surface area contributed by atoms with Crippen LogP contribution >= 0.6 is 0 Å². The second-order valence-electron chi connectivity index (χ2n) is 3.40. The number of nitro groups is 1. The van der Waals surface area contributed by atoms with E-state index >= 15 is 0 Å². The Bertz CT molecular complexity index is 446. The number of rotatable bonds is 3. The Morgan fingerprint density at radius 3 is 2.73 bits per heavy atom. The zero-order chi connectivity index (χ0) is 10.8. The first-order chi connectivity index (χ1) is 7.19. The molecule has 0 spiro atoms. The van der Waals surface area contributed by atoms with Gasteiger partial charge in [-0.2, -0.15) is 5.26 Å². The number of hydrogen-bond acceptors (Lipinski definition) is 4. The summed E-state index contributed by atoms with van der Waals surface area (Å²) in [4.78, 5) is 10.0. The molecule has 1 aromatic rings. The molecule has 15 heavy (non-hydrogen) atoms. The minimum absolute atomic E-state index is 0.107. The number of nitro benzene ring substituents is 1. The van der Waals surface area contributed by atoms with Gasteiger partial charge in [-0.1, -0.05) is 0 Å². The lowest BCUT2D eigenvalue weighted by atomic mass is 10.2. The third kappa shape index (κ3) is 2.23. The molecule has 0 bridgehead atoms. The van der Waals surface area contributed by atoms with E-state index < -0.39 is 4.92 Å². The molecule has 1 fully saturated rings. The predicted molar refractivity (Wildman–Crippen MR) is 51.5 cm³/mol. The van der Waals surface area contributed by atoms with Gasteiger partial charge in [0.05, 0.1) is 28.7 Å². The lowest BCUT2D eigenvalue weighted by Gasteiger charge is -2.03. The summed E-state index contributed by atoms with van der Waals surface area (Å²) in [6.45, 7) is 0. The van der Waals surface area contributed by atoms with Gasteiger partial charge >= 0.3 is 0 Å². The van der Waals surface area contributed by atoms with Crippen LogP contribution in [0, 0.1) is 21.4 Å². The molecule has 1 aliphatic carbocycles. The summed E-state index contributed by atoms with van der Waals surface area (Å²) < 4.78 is 5.40. The second-order valence-corrected chi connectivity index (χ2v) is 3.40. The monoisotopic (exact) mass is 204 g/mol. The number of nitriles is 1. The summed E-state index contributed by atoms with van der Waals surface area (Å²) in [6.07, 6.45) is 2.12. The molecular weight excluding hydrogens is 196 g/mol. The molecule has 0 radical (unpaired) electrons. The number of benzene rings is 1. The highest BCUT2D eigenvalue weighted by Crippen LogP contribution is 2.29. The van der Waals surface area contributed by atoms with Gasteiger partial charge in [0.15, 0.2) is 0 Å². The van der Waals surface area contributed by atoms with E-state index in [0.29, 0.717) is 5.75 Å². The maximum absolute atomic E-state index is 10.6. The molecule has 1 aliphatic rings. The highest BCUT2D eigenvalue weighted by molar-refractivity contribution is 5.47. The van der Waals surface area contributed by atoms with Crippen LogP contribution in [0.1, 0.15) is 18.4 Å². The molecule has 0 saturated heterocycles. The predicted octanol–water partition coefficient (Wildman–Crippen LogP) is 2.01. The fourth-order valence-corrected chi connectivity index (χ4v) is 1.20. The minimum Gasteiger partial charge on any atom is -0.490 e. The molecular formula is C10H8N2O3. The van der Waals surface area contributed by atoms with Crippen molar-refractivity contribution in [2.45, 2.75) is 18.9 Å². The van der Waals surface area contributed by atoms with Crippen LogP contribution in [0.5, 0.6) is 5.75 Å². The first kappa shape index (κ1) is 9.46. The summed E-state index contributed by atoms with van der Waals surface area (Å²) >= 11 is 0. The van der Waals surface area contributed by atoms with Crippen molar-refractivity contribution in [2.75, 3.05) is 0 Å². The summed E-state index contributed by atoms with van der Waals surface area (Å²) in [7, 11) is 0. The van der Waals surface area contributed by atoms with E-state index in [1.807, 2.05) is 6.07 Å². The van der Waals surface area contributed by atoms with E-state index in [1.54, 1.807) is 0 Å². The summed E-state index contributed by atoms with van der Waals surface area (Å²) in [6, 6.07) is 5.97. The van der Waals surface area contributed by atoms with Gasteiger partial charge in [0.1, 0.15) is 5.75 Å². The molecule has 5 nitrogen and oxygen atoms in total. The first-order valence-corrected chi connectivity index (χ1v) is 4.55. The average molecular weight is 204 g/mol. The molecule has 1 saturated carbocycles. The Morgan fingerprint density at radius 1 is 1.47 bits per heavy atom. The molecule has 0 heterocycles. The Hall–Kier alpha value is -2.09. The molecule has 0 unspecified atom stereocenters. The fourth-order valence-electron chi connectivity index (χ4n) is 1.20. The molecule has 2 rings (SSSR count). The normalized spacial score (nSPS) is 14.3. The molecule has 76 valence electrons. The van der Waals surface area contributed by atoms with Crippen molar-refractivity contribution >= 4 is 5.69 Å². The van der Waals surface area contributed by atoms with Crippen molar-refractivity contribution in [2.24, 2.45) is 0 Å². The smallest absolute Gasteiger partial charge is 0.274 e. The summed E-state index contributed by atoms with van der Waals surface area (Å²) in [5.41, 5.74) is 0.143. The van der Waals surface area contributed by atoms with E-state index in [2.05, 4.69) is 0 Å². The van der Waals surface area contributed by atoms with Crippen LogP contribution < -0.4 is 4.74 Å². The zero-order valence-corrected chi connectivity index (χ0v) is 7.84. The number of non-ortho nitro benzene ring substituents is 1. The topological polar surface area (TPSA) is 76.2 Å². The van der Waals surface area contributed by atoms with Crippen molar-refractivity contribution in [3.05, 3.63) is 33.9 Å². The zero-order valence-electron chi connectivity index (χ0n) is 7.84. The average Bonchev–Trinajstić information content (AvgIpc) is 3.01. The maximum atomic E-state index is 10.6. The van der Waals surface area contributed by atoms with Crippen LogP contribution in [-0.4, -0.2) is 11.0 Å². The van der Waals surface area contributed by atoms with Crippen LogP contribution in [0.4, 0.5) is 5.69 Å². The van der Waals surface area contributed by atoms with Gasteiger partial charge in [-0.25, -0.2) is 0 Å². The molecule has 5 heteroatoms. The Balaban J connectivity index is 2.32. The van der Waals surface area contributed by atoms with Crippen molar-refractivity contribution in [3.8, 4) is 11.8 Å². The van der Waals surface area contributed by atoms with E-state index in [-0.39, 0.29) is 17.4 Å². The highest BCUT2D eigenvalue weighted by atomic mass is 16.6. The molecule has 0 aromatic heterocycles. The first-order valence-electron chi connectivity index (χ1n) is 4.55. The van der Waals surface area contributed by atoms with Gasteiger partial charge in [-0.15, -0.1) is 0 Å². The van der Waals surface area contributed by atoms with E-state index in [9.17, 15) is 10.1 Å². The van der Waals surface area contributed by atoms with Crippen LogP contribution in [-0.2, 0) is 0 Å². The Labute approximate surface area is 86.0 Å². The van der Waals surface area contributed by atoms with E-state index in [0.717, 1.165) is 12.8 Å².